The van der Waals surface area contributed by atoms with E-state index in [1.165, 1.54) is 10.8 Å². The first-order chi connectivity index (χ1) is 19.3. The number of H-pyrrole nitrogens is 1. The molecular weight excluding hydrogens is 534 g/mol. The van der Waals surface area contributed by atoms with E-state index in [9.17, 15) is 13.2 Å². The van der Waals surface area contributed by atoms with E-state index in [1.807, 2.05) is 29.3 Å². The minimum Gasteiger partial charge on any atom is -0.382 e. The van der Waals surface area contributed by atoms with Gasteiger partial charge in [-0.15, -0.1) is 10.2 Å². The molecule has 0 spiro atoms. The fourth-order valence-corrected chi connectivity index (χ4v) is 7.18. The van der Waals surface area contributed by atoms with Crippen molar-refractivity contribution in [2.45, 2.75) is 48.6 Å². The highest BCUT2D eigenvalue weighted by atomic mass is 32.2. The Morgan fingerprint density at radius 2 is 1.93 bits per heavy atom. The third-order valence-electron chi connectivity index (χ3n) is 7.79. The Hall–Kier alpha value is -4.66. The average Bonchev–Trinajstić information content (AvgIpc) is 3.74. The maximum absolute atomic E-state index is 13.1. The zero-order valence-electron chi connectivity index (χ0n) is 21.4. The Morgan fingerprint density at radius 1 is 1.12 bits per heavy atom. The van der Waals surface area contributed by atoms with Crippen molar-refractivity contribution in [1.29, 1.82) is 0 Å². The van der Waals surface area contributed by atoms with Crippen LogP contribution in [0.15, 0.2) is 54.2 Å². The molecule has 5 aromatic rings. The number of aromatic amines is 1. The summed E-state index contributed by atoms with van der Waals surface area (Å²) < 4.78 is 29.1. The lowest BCUT2D eigenvalue weighted by Crippen LogP contribution is -2.46. The second kappa shape index (κ2) is 8.94. The normalized spacial score (nSPS) is 20.8. The van der Waals surface area contributed by atoms with Crippen LogP contribution in [0, 0.1) is 0 Å². The molecule has 2 fully saturated rings. The third kappa shape index (κ3) is 3.84. The largest absolute Gasteiger partial charge is 0.382 e. The number of nitrogens with one attached hydrogen (secondary N) is 1. The predicted molar refractivity (Wildman–Crippen MR) is 142 cm³/mol. The van der Waals surface area contributed by atoms with Crippen molar-refractivity contribution in [3.05, 3.63) is 60.8 Å². The van der Waals surface area contributed by atoms with Gasteiger partial charge in [0.05, 0.1) is 18.1 Å². The average molecular weight is 560 g/mol. The summed E-state index contributed by atoms with van der Waals surface area (Å²) in [6, 6.07) is 5.39. The number of nitrogens with two attached hydrogens (primary N) is 1. The van der Waals surface area contributed by atoms with Gasteiger partial charge in [0.2, 0.25) is 5.82 Å². The summed E-state index contributed by atoms with van der Waals surface area (Å²) >= 11 is 0. The molecule has 7 heterocycles. The van der Waals surface area contributed by atoms with E-state index >= 15 is 0 Å². The van der Waals surface area contributed by atoms with Crippen molar-refractivity contribution in [2.75, 3.05) is 12.0 Å². The lowest BCUT2D eigenvalue weighted by molar-refractivity contribution is 0.0556. The van der Waals surface area contributed by atoms with Gasteiger partial charge in [-0.05, 0) is 37.8 Å². The smallest absolute Gasteiger partial charge is 0.292 e. The van der Waals surface area contributed by atoms with Gasteiger partial charge in [0, 0.05) is 47.8 Å². The summed E-state index contributed by atoms with van der Waals surface area (Å²) in [5.41, 5.74) is 8.74. The van der Waals surface area contributed by atoms with Gasteiger partial charge in [-0.25, -0.2) is 23.1 Å². The van der Waals surface area contributed by atoms with E-state index in [4.69, 9.17) is 10.7 Å². The Kier molecular flexibility index (Phi) is 5.45. The van der Waals surface area contributed by atoms with E-state index in [0.717, 1.165) is 24.7 Å². The van der Waals surface area contributed by atoms with E-state index in [2.05, 4.69) is 30.4 Å². The number of aromatic nitrogens is 9. The monoisotopic (exact) mass is 559 g/mol. The van der Waals surface area contributed by atoms with Gasteiger partial charge >= 0.3 is 0 Å². The molecule has 40 heavy (non-hydrogen) atoms. The summed E-state index contributed by atoms with van der Waals surface area (Å²) in [5.74, 6) is 0.453. The molecule has 2 saturated heterocycles. The molecule has 0 aromatic carbocycles. The number of pyridine rings is 1. The van der Waals surface area contributed by atoms with Crippen LogP contribution in [0.3, 0.4) is 0 Å². The number of nitrogen functional groups attached to an aromatic ring is 1. The maximum Gasteiger partial charge on any atom is 0.292 e. The van der Waals surface area contributed by atoms with Crippen LogP contribution in [0.1, 0.15) is 47.9 Å². The van der Waals surface area contributed by atoms with E-state index in [-0.39, 0.29) is 40.4 Å². The molecule has 7 rings (SSSR count). The van der Waals surface area contributed by atoms with Crippen LogP contribution in [-0.2, 0) is 9.84 Å². The number of rotatable bonds is 5. The molecule has 0 radical (unpaired) electrons. The molecule has 14 nitrogen and oxygen atoms in total. The second-order valence-corrected chi connectivity index (χ2v) is 12.2. The summed E-state index contributed by atoms with van der Waals surface area (Å²) in [5, 5.41) is 16.4. The number of amides is 1. The standard InChI is InChI=1S/C25H25N11O3S/c1-40(38,39)21-20(14-8-16-5-6-17(9-14)35(16)25(37)23-28-13-29-33-23)32-24-18(11-31-36(24)22(21)26)15-10-30-34(12-15)19-4-2-3-7-27-19/h2-4,7,10-14,16-17H,5-6,8-9,26H2,1H3,(H,28,29,33)/t14-,16-,17+. The highest BCUT2D eigenvalue weighted by molar-refractivity contribution is 7.91. The molecular formula is C25H25N11O3S. The van der Waals surface area contributed by atoms with E-state index in [1.54, 1.807) is 23.3 Å². The van der Waals surface area contributed by atoms with Crippen molar-refractivity contribution in [2.24, 2.45) is 0 Å². The minimum atomic E-state index is -3.75. The van der Waals surface area contributed by atoms with Crippen molar-refractivity contribution >= 4 is 27.2 Å². The number of fused-ring (bicyclic) bond motifs is 3. The SMILES string of the molecule is CS(=O)(=O)c1c([C@@H]2C[C@H]3CC[C@@H](C2)N3C(=O)c2nnc[nH]2)nc2c(-c3cnn(-c4ccccn4)c3)cnn2c1N. The highest BCUT2D eigenvalue weighted by Crippen LogP contribution is 2.45. The highest BCUT2D eigenvalue weighted by Gasteiger charge is 2.46. The lowest BCUT2D eigenvalue weighted by atomic mass is 9.87. The first-order valence-electron chi connectivity index (χ1n) is 12.8. The molecule has 0 unspecified atom stereocenters. The van der Waals surface area contributed by atoms with Crippen LogP contribution in [0.4, 0.5) is 5.82 Å². The van der Waals surface area contributed by atoms with Crippen molar-refractivity contribution in [1.82, 2.24) is 49.4 Å². The quantitative estimate of drug-likeness (QED) is 0.321. The van der Waals surface area contributed by atoms with Gasteiger partial charge in [0.25, 0.3) is 5.91 Å². The molecule has 2 aliphatic heterocycles. The lowest BCUT2D eigenvalue weighted by Gasteiger charge is -2.38. The van der Waals surface area contributed by atoms with Crippen LogP contribution in [0.5, 0.6) is 0 Å². The van der Waals surface area contributed by atoms with Gasteiger partial charge in [-0.1, -0.05) is 6.07 Å². The fourth-order valence-electron chi connectivity index (χ4n) is 6.12. The Bertz CT molecular complexity index is 1830. The summed E-state index contributed by atoms with van der Waals surface area (Å²) in [6.07, 6.45) is 12.1. The maximum atomic E-state index is 13.1. The molecule has 3 atom stereocenters. The first-order valence-corrected chi connectivity index (χ1v) is 14.7. The number of sulfone groups is 1. The molecule has 0 aliphatic carbocycles. The van der Waals surface area contributed by atoms with Gasteiger partial charge in [-0.3, -0.25) is 4.79 Å². The van der Waals surface area contributed by atoms with Crippen LogP contribution in [-0.4, -0.2) is 82.1 Å². The molecule has 5 aromatic heterocycles. The molecule has 2 bridgehead atoms. The van der Waals surface area contributed by atoms with Gasteiger partial charge < -0.3 is 15.6 Å². The predicted octanol–water partition coefficient (Wildman–Crippen LogP) is 1.63. The number of carbonyl (C=O) groups excluding carboxylic acids is 1. The number of piperidine rings is 1. The summed E-state index contributed by atoms with van der Waals surface area (Å²) in [6.45, 7) is 0. The van der Waals surface area contributed by atoms with E-state index in [0.29, 0.717) is 35.6 Å². The van der Waals surface area contributed by atoms with Crippen molar-refractivity contribution in [3.63, 3.8) is 0 Å². The molecule has 0 saturated carbocycles. The zero-order valence-corrected chi connectivity index (χ0v) is 22.2. The fraction of sp³-hybridized carbons (Fsp3) is 0.320. The second-order valence-electron chi connectivity index (χ2n) is 10.2. The van der Waals surface area contributed by atoms with Gasteiger partial charge in [0.1, 0.15) is 17.0 Å². The molecule has 1 amide bonds. The number of hydrogen-bond donors (Lipinski definition) is 2. The Balaban J connectivity index is 1.30. The van der Waals surface area contributed by atoms with Crippen LogP contribution in [0.25, 0.3) is 22.6 Å². The number of nitrogens with zero attached hydrogens (tertiary/aromatic N) is 9. The number of hydrogen-bond acceptors (Lipinski definition) is 10. The van der Waals surface area contributed by atoms with Crippen LogP contribution in [0.2, 0.25) is 0 Å². The summed E-state index contributed by atoms with van der Waals surface area (Å²) in [7, 11) is -3.75. The Morgan fingerprint density at radius 3 is 2.60 bits per heavy atom. The first kappa shape index (κ1) is 24.4. The third-order valence-corrected chi connectivity index (χ3v) is 8.95. The number of carbonyl (C=O) groups is 1. The number of anilines is 1. The zero-order chi connectivity index (χ0) is 27.6. The Labute approximate surface area is 228 Å². The van der Waals surface area contributed by atoms with Gasteiger partial charge in [-0.2, -0.15) is 14.7 Å². The molecule has 15 heteroatoms. The van der Waals surface area contributed by atoms with Gasteiger partial charge in [0.15, 0.2) is 21.3 Å². The summed E-state index contributed by atoms with van der Waals surface area (Å²) in [4.78, 5) is 27.0. The minimum absolute atomic E-state index is 0.0124. The molecule has 204 valence electrons. The molecule has 2 aliphatic rings. The van der Waals surface area contributed by atoms with Crippen molar-refractivity contribution in [3.8, 4) is 16.9 Å². The van der Waals surface area contributed by atoms with Crippen LogP contribution < -0.4 is 5.73 Å². The topological polar surface area (TPSA) is 183 Å². The van der Waals surface area contributed by atoms with E-state index < -0.39 is 9.84 Å². The molecule has 3 N–H and O–H groups in total. The van der Waals surface area contributed by atoms with Crippen molar-refractivity contribution < 1.29 is 13.2 Å². The van der Waals surface area contributed by atoms with Crippen LogP contribution >= 0.6 is 0 Å².